The summed E-state index contributed by atoms with van der Waals surface area (Å²) in [5.41, 5.74) is 0. The van der Waals surface area contributed by atoms with Gasteiger partial charge in [0.15, 0.2) is 34.5 Å². The van der Waals surface area contributed by atoms with Crippen LogP contribution in [-0.4, -0.2) is 41.2 Å². The Labute approximate surface area is 270 Å². The van der Waals surface area contributed by atoms with Crippen LogP contribution in [0.2, 0.25) is 0 Å². The standard InChI is InChI=1S/C39H54O6/c1-7-10-13-16-19-43-37-25-31-28(22-34(37)40-4)32-26-38(44-20-17-14-11-8-2)36(42-6)24-30(32)33-27-39(35(41-5)23-29(31)33)45-21-18-15-12-9-3/h22-27H,7-21H2,1-6H3. The first-order valence-electron chi connectivity index (χ1n) is 17.2. The van der Waals surface area contributed by atoms with Gasteiger partial charge in [0.1, 0.15) is 0 Å². The Hall–Kier alpha value is -3.54. The Kier molecular flexibility index (Phi) is 13.6. The van der Waals surface area contributed by atoms with E-state index >= 15 is 0 Å². The summed E-state index contributed by atoms with van der Waals surface area (Å²) in [5.74, 6) is 4.40. The van der Waals surface area contributed by atoms with Gasteiger partial charge in [0, 0.05) is 0 Å². The number of rotatable bonds is 21. The molecule has 0 aromatic heterocycles. The van der Waals surface area contributed by atoms with Gasteiger partial charge in [-0.1, -0.05) is 78.6 Å². The molecule has 0 aliphatic rings. The maximum atomic E-state index is 6.33. The summed E-state index contributed by atoms with van der Waals surface area (Å²) in [6.07, 6.45) is 13.7. The highest BCUT2D eigenvalue weighted by molar-refractivity contribution is 6.26. The van der Waals surface area contributed by atoms with Crippen molar-refractivity contribution in [2.75, 3.05) is 41.2 Å². The predicted molar refractivity (Wildman–Crippen MR) is 188 cm³/mol. The molecule has 0 fully saturated rings. The molecule has 0 amide bonds. The first-order chi connectivity index (χ1) is 22.1. The summed E-state index contributed by atoms with van der Waals surface area (Å²) >= 11 is 0. The molecular formula is C39H54O6. The second-order valence-corrected chi connectivity index (χ2v) is 11.9. The zero-order valence-corrected chi connectivity index (χ0v) is 28.5. The monoisotopic (exact) mass is 618 g/mol. The predicted octanol–water partition coefficient (Wildman–Crippen LogP) is 11.0. The van der Waals surface area contributed by atoms with Crippen LogP contribution in [0, 0.1) is 0 Å². The fraction of sp³-hybridized carbons (Fsp3) is 0.538. The Morgan fingerprint density at radius 3 is 0.800 bits per heavy atom. The molecule has 0 saturated carbocycles. The fourth-order valence-electron chi connectivity index (χ4n) is 5.97. The molecule has 0 N–H and O–H groups in total. The number of benzene rings is 4. The van der Waals surface area contributed by atoms with E-state index in [9.17, 15) is 0 Å². The van der Waals surface area contributed by atoms with Crippen LogP contribution in [0.1, 0.15) is 97.8 Å². The third-order valence-electron chi connectivity index (χ3n) is 8.55. The summed E-state index contributed by atoms with van der Waals surface area (Å²) < 4.78 is 36.6. The van der Waals surface area contributed by atoms with Gasteiger partial charge in [-0.05, 0) is 88.0 Å². The topological polar surface area (TPSA) is 55.4 Å². The number of fused-ring (bicyclic) bond motifs is 6. The van der Waals surface area contributed by atoms with Crippen molar-refractivity contribution in [3.05, 3.63) is 36.4 Å². The van der Waals surface area contributed by atoms with Gasteiger partial charge in [0.25, 0.3) is 0 Å². The third kappa shape index (κ3) is 8.59. The van der Waals surface area contributed by atoms with Crippen LogP contribution in [0.25, 0.3) is 32.3 Å². The lowest BCUT2D eigenvalue weighted by Gasteiger charge is -2.19. The summed E-state index contributed by atoms with van der Waals surface area (Å²) in [6.45, 7) is 8.62. The minimum atomic E-state index is 0.653. The van der Waals surface area contributed by atoms with E-state index in [1.54, 1.807) is 21.3 Å². The zero-order chi connectivity index (χ0) is 32.0. The van der Waals surface area contributed by atoms with E-state index in [0.29, 0.717) is 19.8 Å². The molecule has 0 spiro atoms. The Balaban J connectivity index is 1.88. The van der Waals surface area contributed by atoms with Crippen molar-refractivity contribution in [2.24, 2.45) is 0 Å². The molecule has 0 unspecified atom stereocenters. The lowest BCUT2D eigenvalue weighted by Crippen LogP contribution is -2.02. The Morgan fingerprint density at radius 1 is 0.333 bits per heavy atom. The van der Waals surface area contributed by atoms with E-state index in [-0.39, 0.29) is 0 Å². The van der Waals surface area contributed by atoms with E-state index in [0.717, 1.165) is 105 Å². The molecule has 0 saturated heterocycles. The molecule has 4 rings (SSSR count). The molecule has 0 radical (unpaired) electrons. The Bertz CT molecular complexity index is 1300. The number of unbranched alkanes of at least 4 members (excludes halogenated alkanes) is 9. The van der Waals surface area contributed by atoms with Crippen molar-refractivity contribution < 1.29 is 28.4 Å². The van der Waals surface area contributed by atoms with Crippen molar-refractivity contribution in [3.8, 4) is 34.5 Å². The lowest BCUT2D eigenvalue weighted by molar-refractivity contribution is 0.285. The molecule has 0 heterocycles. The molecule has 0 bridgehead atoms. The molecule has 4 aromatic rings. The largest absolute Gasteiger partial charge is 0.493 e. The number of ether oxygens (including phenoxy) is 6. The molecule has 4 aromatic carbocycles. The normalized spacial score (nSPS) is 11.3. The highest BCUT2D eigenvalue weighted by atomic mass is 16.5. The van der Waals surface area contributed by atoms with E-state index in [1.165, 1.54) is 38.5 Å². The van der Waals surface area contributed by atoms with E-state index in [4.69, 9.17) is 28.4 Å². The summed E-state index contributed by atoms with van der Waals surface area (Å²) in [5, 5.41) is 6.36. The summed E-state index contributed by atoms with van der Waals surface area (Å²) in [7, 11) is 5.11. The summed E-state index contributed by atoms with van der Waals surface area (Å²) in [4.78, 5) is 0. The first kappa shape index (κ1) is 34.3. The van der Waals surface area contributed by atoms with Crippen LogP contribution in [-0.2, 0) is 0 Å². The summed E-state index contributed by atoms with van der Waals surface area (Å²) in [6, 6.07) is 12.7. The molecule has 6 nitrogen and oxygen atoms in total. The van der Waals surface area contributed by atoms with Gasteiger partial charge >= 0.3 is 0 Å². The third-order valence-corrected chi connectivity index (χ3v) is 8.55. The van der Waals surface area contributed by atoms with Gasteiger partial charge in [-0.2, -0.15) is 0 Å². The molecule has 6 heteroatoms. The molecule has 246 valence electrons. The van der Waals surface area contributed by atoms with Crippen molar-refractivity contribution in [2.45, 2.75) is 97.8 Å². The highest BCUT2D eigenvalue weighted by Crippen LogP contribution is 2.47. The van der Waals surface area contributed by atoms with Gasteiger partial charge in [0.2, 0.25) is 0 Å². The molecule has 0 atom stereocenters. The quantitative estimate of drug-likeness (QED) is 0.0684. The van der Waals surface area contributed by atoms with Gasteiger partial charge in [-0.15, -0.1) is 0 Å². The maximum Gasteiger partial charge on any atom is 0.161 e. The van der Waals surface area contributed by atoms with Gasteiger partial charge < -0.3 is 28.4 Å². The second kappa shape index (κ2) is 17.8. The average Bonchev–Trinajstić information content (AvgIpc) is 3.07. The number of hydrogen-bond donors (Lipinski definition) is 0. The van der Waals surface area contributed by atoms with E-state index in [2.05, 4.69) is 57.2 Å². The van der Waals surface area contributed by atoms with Crippen LogP contribution in [0.3, 0.4) is 0 Å². The maximum absolute atomic E-state index is 6.33. The zero-order valence-electron chi connectivity index (χ0n) is 28.5. The van der Waals surface area contributed by atoms with Gasteiger partial charge in [-0.25, -0.2) is 0 Å². The smallest absolute Gasteiger partial charge is 0.161 e. The van der Waals surface area contributed by atoms with Crippen molar-refractivity contribution >= 4 is 32.3 Å². The van der Waals surface area contributed by atoms with Crippen LogP contribution in [0.15, 0.2) is 36.4 Å². The average molecular weight is 619 g/mol. The van der Waals surface area contributed by atoms with Gasteiger partial charge in [-0.3, -0.25) is 0 Å². The van der Waals surface area contributed by atoms with Crippen molar-refractivity contribution in [3.63, 3.8) is 0 Å². The fourth-order valence-corrected chi connectivity index (χ4v) is 5.97. The SMILES string of the molecule is CCCCCCOc1cc2c(cc1OC)c1cc(OCCCCCC)c(OC)cc1c1cc(OCCCCCC)c(OC)cc21. The van der Waals surface area contributed by atoms with Crippen LogP contribution >= 0.6 is 0 Å². The molecule has 0 aliphatic carbocycles. The molecule has 0 aliphatic heterocycles. The van der Waals surface area contributed by atoms with Gasteiger partial charge in [0.05, 0.1) is 41.2 Å². The highest BCUT2D eigenvalue weighted by Gasteiger charge is 2.19. The number of methoxy groups -OCH3 is 3. The van der Waals surface area contributed by atoms with Crippen LogP contribution < -0.4 is 28.4 Å². The van der Waals surface area contributed by atoms with E-state index in [1.807, 2.05) is 0 Å². The molecule has 45 heavy (non-hydrogen) atoms. The minimum Gasteiger partial charge on any atom is -0.493 e. The van der Waals surface area contributed by atoms with Crippen molar-refractivity contribution in [1.29, 1.82) is 0 Å². The first-order valence-corrected chi connectivity index (χ1v) is 17.2. The van der Waals surface area contributed by atoms with Crippen molar-refractivity contribution in [1.82, 2.24) is 0 Å². The van der Waals surface area contributed by atoms with E-state index < -0.39 is 0 Å². The Morgan fingerprint density at radius 2 is 0.578 bits per heavy atom. The minimum absolute atomic E-state index is 0.653. The molecular weight excluding hydrogens is 564 g/mol. The lowest BCUT2D eigenvalue weighted by atomic mass is 9.93. The second-order valence-electron chi connectivity index (χ2n) is 11.9. The number of hydrogen-bond acceptors (Lipinski definition) is 6. The van der Waals surface area contributed by atoms with Crippen LogP contribution in [0.4, 0.5) is 0 Å². The van der Waals surface area contributed by atoms with Crippen LogP contribution in [0.5, 0.6) is 34.5 Å².